The van der Waals surface area contributed by atoms with Crippen LogP contribution >= 0.6 is 0 Å². The molecule has 0 unspecified atom stereocenters. The van der Waals surface area contributed by atoms with Crippen molar-refractivity contribution in [3.8, 4) is 6.01 Å². The normalized spacial score (nSPS) is 8.50. The minimum absolute atomic E-state index is 0. The topological polar surface area (TPSA) is 72.0 Å². The zero-order valence-electron chi connectivity index (χ0n) is 4.78. The molecule has 3 N–H and O–H groups in total. The molecule has 10 heavy (non-hydrogen) atoms. The summed E-state index contributed by atoms with van der Waals surface area (Å²) >= 11 is 0. The fourth-order valence-electron chi connectivity index (χ4n) is 0.371. The number of nitrogen functional groups attached to an aromatic ring is 1. The van der Waals surface area contributed by atoms with Crippen molar-refractivity contribution in [2.75, 3.05) is 5.73 Å². The molecule has 0 aromatic carbocycles. The zero-order valence-corrected chi connectivity index (χ0v) is 7.72. The smallest absolute Gasteiger partial charge is 0.315 e. The summed E-state index contributed by atoms with van der Waals surface area (Å²) in [5, 5.41) is 8.47. The van der Waals surface area contributed by atoms with Crippen molar-refractivity contribution in [2.45, 2.75) is 0 Å². The Morgan fingerprint density at radius 2 is 2.20 bits per heavy atom. The summed E-state index contributed by atoms with van der Waals surface area (Å²) in [6.45, 7) is 0. The van der Waals surface area contributed by atoms with Crippen LogP contribution in [-0.4, -0.2) is 15.1 Å². The van der Waals surface area contributed by atoms with Gasteiger partial charge in [0.25, 0.3) is 0 Å². The average Bonchev–Trinajstić information content (AvgIpc) is 1.80. The molecular formula is C4H4FN3OW. The van der Waals surface area contributed by atoms with E-state index in [1.54, 1.807) is 0 Å². The first-order valence-electron chi connectivity index (χ1n) is 2.17. The minimum atomic E-state index is -0.729. The predicted octanol–water partition coefficient (Wildman–Crippen LogP) is -0.0990. The van der Waals surface area contributed by atoms with E-state index in [0.717, 1.165) is 6.20 Å². The van der Waals surface area contributed by atoms with Gasteiger partial charge in [0.1, 0.15) is 0 Å². The van der Waals surface area contributed by atoms with E-state index in [1.807, 2.05) is 0 Å². The van der Waals surface area contributed by atoms with Gasteiger partial charge in [-0.15, -0.1) is 0 Å². The Balaban J connectivity index is 0.000000810. The van der Waals surface area contributed by atoms with Crippen LogP contribution in [-0.2, 0) is 21.1 Å². The quantitative estimate of drug-likeness (QED) is 0.702. The molecule has 1 aromatic rings. The van der Waals surface area contributed by atoms with Crippen LogP contribution in [0.2, 0.25) is 0 Å². The summed E-state index contributed by atoms with van der Waals surface area (Å²) in [6, 6.07) is -0.520. The molecule has 0 fully saturated rings. The van der Waals surface area contributed by atoms with Crippen LogP contribution in [0.25, 0.3) is 0 Å². The third kappa shape index (κ3) is 1.91. The van der Waals surface area contributed by atoms with Gasteiger partial charge < -0.3 is 10.8 Å². The number of nitrogens with zero attached hydrogens (tertiary/aromatic N) is 2. The summed E-state index contributed by atoms with van der Waals surface area (Å²) in [7, 11) is 0. The third-order valence-electron chi connectivity index (χ3n) is 0.759. The summed E-state index contributed by atoms with van der Waals surface area (Å²) < 4.78 is 12.1. The van der Waals surface area contributed by atoms with E-state index >= 15 is 0 Å². The van der Waals surface area contributed by atoms with Crippen LogP contribution in [0, 0.1) is 5.82 Å². The SMILES string of the molecule is Nc1nc(O)ncc1F.[W]. The molecule has 1 aromatic heterocycles. The molecule has 0 amide bonds. The number of anilines is 1. The first kappa shape index (κ1) is 9.30. The molecule has 0 saturated heterocycles. The largest absolute Gasteiger partial charge is 0.479 e. The van der Waals surface area contributed by atoms with Gasteiger partial charge in [-0.05, 0) is 0 Å². The Kier molecular flexibility index (Phi) is 3.22. The molecule has 1 rings (SSSR count). The summed E-state index contributed by atoms with van der Waals surface area (Å²) in [5.74, 6) is -1.07. The van der Waals surface area contributed by atoms with Crippen molar-refractivity contribution in [3.05, 3.63) is 12.0 Å². The second-order valence-corrected chi connectivity index (χ2v) is 1.40. The van der Waals surface area contributed by atoms with Crippen LogP contribution in [0.4, 0.5) is 10.2 Å². The molecule has 4 nitrogen and oxygen atoms in total. The molecule has 54 valence electrons. The van der Waals surface area contributed by atoms with Gasteiger partial charge >= 0.3 is 6.01 Å². The third-order valence-corrected chi connectivity index (χ3v) is 0.759. The number of hydrogen-bond acceptors (Lipinski definition) is 4. The Morgan fingerprint density at radius 3 is 2.60 bits per heavy atom. The van der Waals surface area contributed by atoms with Crippen LogP contribution in [0.15, 0.2) is 6.20 Å². The van der Waals surface area contributed by atoms with Crippen molar-refractivity contribution >= 4 is 5.82 Å². The van der Waals surface area contributed by atoms with Gasteiger partial charge in [-0.3, -0.25) is 0 Å². The Morgan fingerprint density at radius 1 is 1.60 bits per heavy atom. The maximum atomic E-state index is 12.1. The van der Waals surface area contributed by atoms with E-state index in [4.69, 9.17) is 10.8 Å². The van der Waals surface area contributed by atoms with Gasteiger partial charge in [0.2, 0.25) is 0 Å². The molecule has 0 spiro atoms. The summed E-state index contributed by atoms with van der Waals surface area (Å²) in [4.78, 5) is 6.25. The number of hydrogen-bond donors (Lipinski definition) is 2. The van der Waals surface area contributed by atoms with Gasteiger partial charge in [0, 0.05) is 21.1 Å². The fraction of sp³-hybridized carbons (Fsp3) is 0. The molecule has 6 heteroatoms. The van der Waals surface area contributed by atoms with Crippen molar-refractivity contribution in [2.24, 2.45) is 0 Å². The molecule has 0 bridgehead atoms. The van der Waals surface area contributed by atoms with Crippen LogP contribution in [0.1, 0.15) is 0 Å². The first-order valence-corrected chi connectivity index (χ1v) is 2.17. The fourth-order valence-corrected chi connectivity index (χ4v) is 0.371. The van der Waals surface area contributed by atoms with E-state index < -0.39 is 11.8 Å². The summed E-state index contributed by atoms with van der Waals surface area (Å²) in [6.07, 6.45) is 0.803. The van der Waals surface area contributed by atoms with Crippen molar-refractivity contribution in [1.29, 1.82) is 0 Å². The molecule has 0 aliphatic rings. The predicted molar refractivity (Wildman–Crippen MR) is 28.1 cm³/mol. The Bertz CT molecular complexity index is 232. The second kappa shape index (κ2) is 3.46. The number of aromatic nitrogens is 2. The van der Waals surface area contributed by atoms with Crippen molar-refractivity contribution < 1.29 is 30.6 Å². The standard InChI is InChI=1S/C4H4FN3O.W/c5-2-1-7-4(9)8-3(2)6;/h1H,(H3,6,7,8,9);. The Hall–Kier alpha value is -0.702. The van der Waals surface area contributed by atoms with E-state index in [2.05, 4.69) is 9.97 Å². The molecule has 0 aliphatic heterocycles. The molecule has 0 radical (unpaired) electrons. The monoisotopic (exact) mass is 313 g/mol. The van der Waals surface area contributed by atoms with Gasteiger partial charge in [0.15, 0.2) is 11.6 Å². The minimum Gasteiger partial charge on any atom is -0.479 e. The number of aromatic hydroxyl groups is 1. The van der Waals surface area contributed by atoms with Crippen LogP contribution in [0.5, 0.6) is 6.01 Å². The van der Waals surface area contributed by atoms with Crippen molar-refractivity contribution in [1.82, 2.24) is 9.97 Å². The maximum absolute atomic E-state index is 12.1. The van der Waals surface area contributed by atoms with E-state index in [1.165, 1.54) is 0 Å². The molecular weight excluding hydrogens is 309 g/mol. The molecule has 0 aliphatic carbocycles. The Labute approximate surface area is 70.6 Å². The zero-order chi connectivity index (χ0) is 6.85. The van der Waals surface area contributed by atoms with Crippen LogP contribution < -0.4 is 5.73 Å². The number of halogens is 1. The van der Waals surface area contributed by atoms with E-state index in [9.17, 15) is 4.39 Å². The second-order valence-electron chi connectivity index (χ2n) is 1.40. The van der Waals surface area contributed by atoms with Gasteiger partial charge in [-0.1, -0.05) is 0 Å². The molecule has 1 heterocycles. The summed E-state index contributed by atoms with van der Waals surface area (Å²) in [5.41, 5.74) is 4.93. The van der Waals surface area contributed by atoms with E-state index in [-0.39, 0.29) is 26.9 Å². The van der Waals surface area contributed by atoms with Gasteiger partial charge in [-0.25, -0.2) is 9.37 Å². The van der Waals surface area contributed by atoms with Gasteiger partial charge in [-0.2, -0.15) is 4.98 Å². The number of rotatable bonds is 0. The van der Waals surface area contributed by atoms with E-state index in [0.29, 0.717) is 0 Å². The number of nitrogens with two attached hydrogens (primary N) is 1. The first-order chi connectivity index (χ1) is 4.20. The maximum Gasteiger partial charge on any atom is 0.315 e. The van der Waals surface area contributed by atoms with Crippen molar-refractivity contribution in [3.63, 3.8) is 0 Å². The van der Waals surface area contributed by atoms with Gasteiger partial charge in [0.05, 0.1) is 6.20 Å². The molecule has 0 atom stereocenters. The molecule has 0 saturated carbocycles. The van der Waals surface area contributed by atoms with Crippen LogP contribution in [0.3, 0.4) is 0 Å². The average molecular weight is 313 g/mol.